The number of hydrogen-bond acceptors (Lipinski definition) is 5. The molecular weight excluding hydrogens is 388 g/mol. The molecule has 0 saturated carbocycles. The van der Waals surface area contributed by atoms with E-state index in [0.29, 0.717) is 26.3 Å². The molecule has 1 fully saturated rings. The van der Waals surface area contributed by atoms with Gasteiger partial charge in [0.05, 0.1) is 23.0 Å². The summed E-state index contributed by atoms with van der Waals surface area (Å²) in [5.41, 5.74) is 0.840. The molecule has 1 N–H and O–H groups in total. The first-order valence-corrected chi connectivity index (χ1v) is 11.5. The number of nitrogens with one attached hydrogen (secondary N) is 1. The van der Waals surface area contributed by atoms with E-state index in [4.69, 9.17) is 4.74 Å². The van der Waals surface area contributed by atoms with Crippen LogP contribution in [0.1, 0.15) is 18.5 Å². The minimum Gasteiger partial charge on any atom is -0.379 e. The summed E-state index contributed by atoms with van der Waals surface area (Å²) in [6.07, 6.45) is 0. The first-order valence-electron chi connectivity index (χ1n) is 8.56. The fraction of sp³-hybridized carbons (Fsp3) is 0.333. The van der Waals surface area contributed by atoms with Crippen LogP contribution in [0.4, 0.5) is 0 Å². The Labute approximate surface area is 160 Å². The third-order valence-corrected chi connectivity index (χ3v) is 7.84. The summed E-state index contributed by atoms with van der Waals surface area (Å²) in [5, 5.41) is 0. The number of morpholine rings is 1. The maximum atomic E-state index is 12.6. The molecule has 1 aliphatic heterocycles. The second-order valence-electron chi connectivity index (χ2n) is 6.24. The largest absolute Gasteiger partial charge is 0.379 e. The highest BCUT2D eigenvalue weighted by molar-refractivity contribution is 7.89. The SMILES string of the molecule is C[C@H](NS(=O)(=O)c1ccc(S(=O)(=O)N2CCOCC2)cc1)c1ccccc1. The number of rotatable bonds is 6. The van der Waals surface area contributed by atoms with Crippen molar-refractivity contribution in [2.24, 2.45) is 0 Å². The molecule has 0 aliphatic carbocycles. The van der Waals surface area contributed by atoms with Gasteiger partial charge in [0.25, 0.3) is 0 Å². The molecule has 1 aliphatic rings. The van der Waals surface area contributed by atoms with Crippen LogP contribution in [0.5, 0.6) is 0 Å². The van der Waals surface area contributed by atoms with Crippen LogP contribution in [0.3, 0.4) is 0 Å². The summed E-state index contributed by atoms with van der Waals surface area (Å²) in [5.74, 6) is 0. The Morgan fingerprint density at radius 3 is 2.04 bits per heavy atom. The summed E-state index contributed by atoms with van der Waals surface area (Å²) in [6, 6.07) is 14.1. The van der Waals surface area contributed by atoms with Gasteiger partial charge in [-0.3, -0.25) is 0 Å². The molecular formula is C18H22N2O5S2. The Kier molecular flexibility index (Phi) is 5.97. The summed E-state index contributed by atoms with van der Waals surface area (Å²) in [4.78, 5) is 0.0886. The quantitative estimate of drug-likeness (QED) is 0.783. The molecule has 9 heteroatoms. The normalized spacial score (nSPS) is 17.5. The zero-order valence-corrected chi connectivity index (χ0v) is 16.5. The van der Waals surface area contributed by atoms with Crippen LogP contribution in [0.15, 0.2) is 64.4 Å². The number of sulfonamides is 2. The van der Waals surface area contributed by atoms with Crippen LogP contribution in [-0.2, 0) is 24.8 Å². The van der Waals surface area contributed by atoms with Gasteiger partial charge in [-0.25, -0.2) is 21.6 Å². The average Bonchev–Trinajstić information content (AvgIpc) is 2.69. The van der Waals surface area contributed by atoms with Gasteiger partial charge in [-0.2, -0.15) is 4.31 Å². The second kappa shape index (κ2) is 8.07. The predicted octanol–water partition coefficient (Wildman–Crippen LogP) is 1.75. The van der Waals surface area contributed by atoms with E-state index in [1.54, 1.807) is 6.92 Å². The van der Waals surface area contributed by atoms with Gasteiger partial charge >= 0.3 is 0 Å². The zero-order chi connectivity index (χ0) is 19.5. The van der Waals surface area contributed by atoms with Crippen molar-refractivity contribution < 1.29 is 21.6 Å². The standard InChI is InChI=1S/C18H22N2O5S2/c1-15(16-5-3-2-4-6-16)19-26(21,22)17-7-9-18(10-8-17)27(23,24)20-11-13-25-14-12-20/h2-10,15,19H,11-14H2,1H3/t15-/m0/s1. The van der Waals surface area contributed by atoms with Gasteiger partial charge in [0.15, 0.2) is 0 Å². The molecule has 0 amide bonds. The molecule has 146 valence electrons. The van der Waals surface area contributed by atoms with Gasteiger partial charge in [-0.05, 0) is 36.8 Å². The molecule has 0 bridgehead atoms. The van der Waals surface area contributed by atoms with Crippen LogP contribution >= 0.6 is 0 Å². The van der Waals surface area contributed by atoms with Crippen molar-refractivity contribution in [2.45, 2.75) is 22.8 Å². The molecule has 7 nitrogen and oxygen atoms in total. The lowest BCUT2D eigenvalue weighted by molar-refractivity contribution is 0.0730. The fourth-order valence-corrected chi connectivity index (χ4v) is 5.48. The van der Waals surface area contributed by atoms with Gasteiger partial charge in [-0.1, -0.05) is 30.3 Å². The molecule has 2 aromatic carbocycles. The Bertz CT molecular complexity index is 968. The van der Waals surface area contributed by atoms with Crippen molar-refractivity contribution in [3.63, 3.8) is 0 Å². The van der Waals surface area contributed by atoms with Gasteiger partial charge in [0, 0.05) is 19.1 Å². The zero-order valence-electron chi connectivity index (χ0n) is 14.9. The molecule has 1 heterocycles. The molecule has 1 saturated heterocycles. The minimum atomic E-state index is -3.77. The number of benzene rings is 2. The summed E-state index contributed by atoms with van der Waals surface area (Å²) >= 11 is 0. The number of ether oxygens (including phenoxy) is 1. The van der Waals surface area contributed by atoms with Crippen molar-refractivity contribution in [2.75, 3.05) is 26.3 Å². The highest BCUT2D eigenvalue weighted by atomic mass is 32.2. The van der Waals surface area contributed by atoms with E-state index in [9.17, 15) is 16.8 Å². The maximum Gasteiger partial charge on any atom is 0.243 e. The van der Waals surface area contributed by atoms with Crippen LogP contribution in [0, 0.1) is 0 Å². The van der Waals surface area contributed by atoms with Crippen molar-refractivity contribution in [1.82, 2.24) is 9.03 Å². The van der Waals surface area contributed by atoms with Crippen molar-refractivity contribution in [3.8, 4) is 0 Å². The molecule has 0 radical (unpaired) electrons. The third-order valence-electron chi connectivity index (χ3n) is 4.37. The first kappa shape index (κ1) is 20.0. The van der Waals surface area contributed by atoms with Crippen LogP contribution in [0.25, 0.3) is 0 Å². The number of hydrogen-bond donors (Lipinski definition) is 1. The molecule has 0 spiro atoms. The lowest BCUT2D eigenvalue weighted by atomic mass is 10.1. The average molecular weight is 411 g/mol. The van der Waals surface area contributed by atoms with Gasteiger partial charge < -0.3 is 4.74 Å². The van der Waals surface area contributed by atoms with Gasteiger partial charge in [0.2, 0.25) is 20.0 Å². The van der Waals surface area contributed by atoms with Crippen LogP contribution < -0.4 is 4.72 Å². The van der Waals surface area contributed by atoms with Crippen molar-refractivity contribution >= 4 is 20.0 Å². The Hall–Kier alpha value is -1.78. The van der Waals surface area contributed by atoms with E-state index >= 15 is 0 Å². The summed E-state index contributed by atoms with van der Waals surface area (Å²) in [7, 11) is -7.43. The van der Waals surface area contributed by atoms with Crippen LogP contribution in [-0.4, -0.2) is 47.4 Å². The predicted molar refractivity (Wildman–Crippen MR) is 101 cm³/mol. The first-order chi connectivity index (χ1) is 12.8. The lowest BCUT2D eigenvalue weighted by Crippen LogP contribution is -2.40. The highest BCUT2D eigenvalue weighted by Crippen LogP contribution is 2.21. The molecule has 3 rings (SSSR count). The lowest BCUT2D eigenvalue weighted by Gasteiger charge is -2.26. The van der Waals surface area contributed by atoms with Gasteiger partial charge in [-0.15, -0.1) is 0 Å². The van der Waals surface area contributed by atoms with Gasteiger partial charge in [0.1, 0.15) is 0 Å². The number of nitrogens with zero attached hydrogens (tertiary/aromatic N) is 1. The van der Waals surface area contributed by atoms with Crippen molar-refractivity contribution in [3.05, 3.63) is 60.2 Å². The fourth-order valence-electron chi connectivity index (χ4n) is 2.84. The molecule has 0 aromatic heterocycles. The van der Waals surface area contributed by atoms with E-state index in [2.05, 4.69) is 4.72 Å². The van der Waals surface area contributed by atoms with E-state index < -0.39 is 26.1 Å². The van der Waals surface area contributed by atoms with Crippen LogP contribution in [0.2, 0.25) is 0 Å². The van der Waals surface area contributed by atoms with E-state index in [-0.39, 0.29) is 9.79 Å². The Morgan fingerprint density at radius 1 is 0.889 bits per heavy atom. The Morgan fingerprint density at radius 2 is 1.44 bits per heavy atom. The van der Waals surface area contributed by atoms with E-state index in [0.717, 1.165) is 5.56 Å². The van der Waals surface area contributed by atoms with E-state index in [1.807, 2.05) is 30.3 Å². The minimum absolute atomic E-state index is 0.0196. The van der Waals surface area contributed by atoms with E-state index in [1.165, 1.54) is 28.6 Å². The summed E-state index contributed by atoms with van der Waals surface area (Å²) in [6.45, 7) is 3.04. The highest BCUT2D eigenvalue weighted by Gasteiger charge is 2.27. The van der Waals surface area contributed by atoms with Crippen molar-refractivity contribution in [1.29, 1.82) is 0 Å². The summed E-state index contributed by atoms with van der Waals surface area (Å²) < 4.78 is 59.5. The molecule has 2 aromatic rings. The molecule has 1 atom stereocenters. The molecule has 0 unspecified atom stereocenters. The molecule has 27 heavy (non-hydrogen) atoms. The smallest absolute Gasteiger partial charge is 0.243 e. The Balaban J connectivity index is 1.78. The second-order valence-corrected chi connectivity index (χ2v) is 9.89. The third kappa shape index (κ3) is 4.56. The monoisotopic (exact) mass is 410 g/mol. The maximum absolute atomic E-state index is 12.6. The topological polar surface area (TPSA) is 92.8 Å².